The van der Waals surface area contributed by atoms with Crippen LogP contribution in [0.3, 0.4) is 0 Å². The number of alkyl halides is 3. The minimum absolute atomic E-state index is 0.000710. The van der Waals surface area contributed by atoms with Crippen molar-refractivity contribution in [2.24, 2.45) is 0 Å². The Kier molecular flexibility index (Phi) is 6.71. The van der Waals surface area contributed by atoms with Crippen LogP contribution in [0.25, 0.3) is 21.0 Å². The standard InChI is InChI=1S/C24H24F3N3O2S/c1-16-22(33-23(28-16)18-3-7-19(8-4-18)24(25,26)27)17-5-9-20(10-6-17)32-15-21(31)30-13-11-29(2)12-14-30/h3-10H,11-15H2,1-2H3. The predicted octanol–water partition coefficient (Wildman–Crippen LogP) is 4.96. The quantitative estimate of drug-likeness (QED) is 0.524. The molecular weight excluding hydrogens is 451 g/mol. The van der Waals surface area contributed by atoms with Crippen molar-refractivity contribution in [3.63, 3.8) is 0 Å². The molecule has 1 aromatic heterocycles. The fourth-order valence-corrected chi connectivity index (χ4v) is 4.66. The molecule has 2 heterocycles. The van der Waals surface area contributed by atoms with Crippen LogP contribution in [-0.2, 0) is 11.0 Å². The van der Waals surface area contributed by atoms with E-state index in [2.05, 4.69) is 9.88 Å². The molecule has 0 bridgehead atoms. The number of piperazine rings is 1. The van der Waals surface area contributed by atoms with Crippen LogP contribution in [-0.4, -0.2) is 60.5 Å². The fourth-order valence-electron chi connectivity index (χ4n) is 3.58. The molecule has 2 aromatic carbocycles. The lowest BCUT2D eigenvalue weighted by atomic mass is 10.1. The summed E-state index contributed by atoms with van der Waals surface area (Å²) in [5, 5.41) is 0.661. The predicted molar refractivity (Wildman–Crippen MR) is 122 cm³/mol. The highest BCUT2D eigenvalue weighted by atomic mass is 32.1. The molecule has 5 nitrogen and oxygen atoms in total. The van der Waals surface area contributed by atoms with Gasteiger partial charge in [0.2, 0.25) is 0 Å². The Morgan fingerprint density at radius 1 is 1.00 bits per heavy atom. The highest BCUT2D eigenvalue weighted by Gasteiger charge is 2.30. The van der Waals surface area contributed by atoms with E-state index in [4.69, 9.17) is 4.74 Å². The van der Waals surface area contributed by atoms with E-state index in [1.807, 2.05) is 43.1 Å². The Morgan fingerprint density at radius 2 is 1.61 bits per heavy atom. The normalized spacial score (nSPS) is 15.0. The third-order valence-corrected chi connectivity index (χ3v) is 6.85. The number of likely N-dealkylation sites (N-methyl/N-ethyl adjacent to an activating group) is 1. The number of hydrogen-bond donors (Lipinski definition) is 0. The van der Waals surface area contributed by atoms with Gasteiger partial charge in [0.25, 0.3) is 5.91 Å². The number of benzene rings is 2. The average Bonchev–Trinajstić information content (AvgIpc) is 3.19. The maximum atomic E-state index is 12.8. The van der Waals surface area contributed by atoms with Crippen molar-refractivity contribution in [3.8, 4) is 26.8 Å². The van der Waals surface area contributed by atoms with E-state index in [1.165, 1.54) is 23.5 Å². The number of amides is 1. The van der Waals surface area contributed by atoms with Gasteiger partial charge in [-0.3, -0.25) is 4.79 Å². The molecule has 0 unspecified atom stereocenters. The van der Waals surface area contributed by atoms with Gasteiger partial charge in [0.15, 0.2) is 6.61 Å². The van der Waals surface area contributed by atoms with Gasteiger partial charge in [0.1, 0.15) is 10.8 Å². The number of rotatable bonds is 5. The molecule has 4 rings (SSSR count). The zero-order chi connectivity index (χ0) is 23.6. The van der Waals surface area contributed by atoms with Gasteiger partial charge < -0.3 is 14.5 Å². The molecule has 0 spiro atoms. The van der Waals surface area contributed by atoms with Crippen molar-refractivity contribution < 1.29 is 22.7 Å². The third-order valence-electron chi connectivity index (χ3n) is 5.59. The van der Waals surface area contributed by atoms with Crippen molar-refractivity contribution in [1.29, 1.82) is 0 Å². The van der Waals surface area contributed by atoms with Gasteiger partial charge in [0.05, 0.1) is 16.1 Å². The lowest BCUT2D eigenvalue weighted by molar-refractivity contribution is -0.137. The first-order chi connectivity index (χ1) is 15.7. The number of ether oxygens (including phenoxy) is 1. The number of aryl methyl sites for hydroxylation is 1. The zero-order valence-electron chi connectivity index (χ0n) is 18.4. The highest BCUT2D eigenvalue weighted by molar-refractivity contribution is 7.18. The van der Waals surface area contributed by atoms with Gasteiger partial charge in [-0.1, -0.05) is 12.1 Å². The van der Waals surface area contributed by atoms with Crippen molar-refractivity contribution in [2.75, 3.05) is 39.8 Å². The molecule has 174 valence electrons. The molecule has 3 aromatic rings. The number of carbonyl (C=O) groups is 1. The Labute approximate surface area is 194 Å². The van der Waals surface area contributed by atoms with E-state index in [1.54, 1.807) is 0 Å². The van der Waals surface area contributed by atoms with Gasteiger partial charge in [-0.05, 0) is 55.9 Å². The van der Waals surface area contributed by atoms with E-state index >= 15 is 0 Å². The number of halogens is 3. The summed E-state index contributed by atoms with van der Waals surface area (Å²) < 4.78 is 44.1. The molecule has 0 N–H and O–H groups in total. The second kappa shape index (κ2) is 9.52. The number of carbonyl (C=O) groups excluding carboxylic acids is 1. The van der Waals surface area contributed by atoms with Crippen LogP contribution in [0.4, 0.5) is 13.2 Å². The van der Waals surface area contributed by atoms with Crippen molar-refractivity contribution in [2.45, 2.75) is 13.1 Å². The molecular formula is C24H24F3N3O2S. The van der Waals surface area contributed by atoms with Crippen LogP contribution in [0.15, 0.2) is 48.5 Å². The van der Waals surface area contributed by atoms with Crippen LogP contribution in [0.2, 0.25) is 0 Å². The molecule has 1 aliphatic rings. The lowest BCUT2D eigenvalue weighted by Gasteiger charge is -2.32. The van der Waals surface area contributed by atoms with Crippen LogP contribution < -0.4 is 4.74 Å². The van der Waals surface area contributed by atoms with Crippen molar-refractivity contribution in [3.05, 3.63) is 59.8 Å². The SMILES string of the molecule is Cc1nc(-c2ccc(C(F)(F)F)cc2)sc1-c1ccc(OCC(=O)N2CCN(C)CC2)cc1. The summed E-state index contributed by atoms with van der Waals surface area (Å²) in [5.74, 6) is 0.581. The summed E-state index contributed by atoms with van der Waals surface area (Å²) in [6.45, 7) is 5.03. The topological polar surface area (TPSA) is 45.7 Å². The summed E-state index contributed by atoms with van der Waals surface area (Å²) in [6, 6.07) is 12.4. The molecule has 9 heteroatoms. The maximum absolute atomic E-state index is 12.8. The van der Waals surface area contributed by atoms with E-state index < -0.39 is 11.7 Å². The minimum atomic E-state index is -4.36. The molecule has 1 amide bonds. The minimum Gasteiger partial charge on any atom is -0.484 e. The van der Waals surface area contributed by atoms with E-state index in [0.717, 1.165) is 41.4 Å². The Balaban J connectivity index is 1.41. The molecule has 0 atom stereocenters. The summed E-state index contributed by atoms with van der Waals surface area (Å²) in [7, 11) is 2.04. The van der Waals surface area contributed by atoms with Crippen molar-refractivity contribution >= 4 is 17.2 Å². The van der Waals surface area contributed by atoms with Crippen LogP contribution in [0.1, 0.15) is 11.3 Å². The average molecular weight is 476 g/mol. The number of thiazole rings is 1. The molecule has 0 saturated carbocycles. The first-order valence-corrected chi connectivity index (χ1v) is 11.4. The molecule has 33 heavy (non-hydrogen) atoms. The number of hydrogen-bond acceptors (Lipinski definition) is 5. The summed E-state index contributed by atoms with van der Waals surface area (Å²) in [6.07, 6.45) is -4.36. The highest BCUT2D eigenvalue weighted by Crippen LogP contribution is 2.37. The Bertz CT molecular complexity index is 1100. The van der Waals surface area contributed by atoms with E-state index in [-0.39, 0.29) is 12.5 Å². The van der Waals surface area contributed by atoms with Crippen LogP contribution in [0, 0.1) is 6.92 Å². The first-order valence-electron chi connectivity index (χ1n) is 10.6. The van der Waals surface area contributed by atoms with Crippen LogP contribution >= 0.6 is 11.3 Å². The Hall–Kier alpha value is -2.91. The third kappa shape index (κ3) is 5.54. The van der Waals surface area contributed by atoms with Gasteiger partial charge in [-0.15, -0.1) is 11.3 Å². The summed E-state index contributed by atoms with van der Waals surface area (Å²) in [4.78, 5) is 21.8. The number of aromatic nitrogens is 1. The number of nitrogens with zero attached hydrogens (tertiary/aromatic N) is 3. The molecule has 0 radical (unpaired) electrons. The summed E-state index contributed by atoms with van der Waals surface area (Å²) in [5.41, 5.74) is 1.70. The van der Waals surface area contributed by atoms with Crippen molar-refractivity contribution in [1.82, 2.24) is 14.8 Å². The molecule has 0 aliphatic carbocycles. The maximum Gasteiger partial charge on any atom is 0.416 e. The smallest absolute Gasteiger partial charge is 0.416 e. The second-order valence-electron chi connectivity index (χ2n) is 8.01. The summed E-state index contributed by atoms with van der Waals surface area (Å²) >= 11 is 1.42. The first kappa shape index (κ1) is 23.3. The van der Waals surface area contributed by atoms with E-state index in [9.17, 15) is 18.0 Å². The van der Waals surface area contributed by atoms with Gasteiger partial charge in [-0.2, -0.15) is 13.2 Å². The zero-order valence-corrected chi connectivity index (χ0v) is 19.2. The fraction of sp³-hybridized carbons (Fsp3) is 0.333. The molecule has 1 fully saturated rings. The van der Waals surface area contributed by atoms with Gasteiger partial charge in [0, 0.05) is 31.7 Å². The molecule has 1 saturated heterocycles. The monoisotopic (exact) mass is 475 g/mol. The second-order valence-corrected chi connectivity index (χ2v) is 9.00. The van der Waals surface area contributed by atoms with Crippen LogP contribution in [0.5, 0.6) is 5.75 Å². The largest absolute Gasteiger partial charge is 0.484 e. The Morgan fingerprint density at radius 3 is 2.21 bits per heavy atom. The lowest BCUT2D eigenvalue weighted by Crippen LogP contribution is -2.48. The van der Waals surface area contributed by atoms with Gasteiger partial charge >= 0.3 is 6.18 Å². The molecule has 1 aliphatic heterocycles. The van der Waals surface area contributed by atoms with E-state index in [0.29, 0.717) is 29.4 Å². The van der Waals surface area contributed by atoms with Gasteiger partial charge in [-0.25, -0.2) is 4.98 Å².